The van der Waals surface area contributed by atoms with Crippen molar-refractivity contribution in [2.75, 3.05) is 25.7 Å². The van der Waals surface area contributed by atoms with Gasteiger partial charge in [0.25, 0.3) is 0 Å². The predicted molar refractivity (Wildman–Crippen MR) is 144 cm³/mol. The minimum Gasteiger partial charge on any atom is -0.493 e. The molecule has 5 rings (SSSR count). The standard InChI is InChI=1S/C31H33NO6/c1-35-28-13-12-22(16-29(28)38-26-10-6-7-11-26)24-17-30(33)32(19-24)25-14-23(31(34)36-2)15-27(18-25)37-20-21-8-4-3-5-9-21/h3-5,8-9,12-16,18,24,26H,6-7,10-11,17,19-20H2,1-2H3. The molecule has 38 heavy (non-hydrogen) atoms. The van der Waals surface area contributed by atoms with Crippen molar-refractivity contribution in [1.29, 1.82) is 0 Å². The van der Waals surface area contributed by atoms with Gasteiger partial charge in [-0.2, -0.15) is 0 Å². The summed E-state index contributed by atoms with van der Waals surface area (Å²) in [7, 11) is 2.98. The Kier molecular flexibility index (Phi) is 7.82. The van der Waals surface area contributed by atoms with E-state index in [-0.39, 0.29) is 17.9 Å². The highest BCUT2D eigenvalue weighted by Crippen LogP contribution is 2.39. The van der Waals surface area contributed by atoms with Crippen LogP contribution in [0.3, 0.4) is 0 Å². The average Bonchev–Trinajstić information content (AvgIpc) is 3.61. The molecule has 7 nitrogen and oxygen atoms in total. The number of hydrogen-bond acceptors (Lipinski definition) is 6. The summed E-state index contributed by atoms with van der Waals surface area (Å²) in [5.74, 6) is 1.41. The summed E-state index contributed by atoms with van der Waals surface area (Å²) < 4.78 is 22.8. The van der Waals surface area contributed by atoms with Gasteiger partial charge in [0, 0.05) is 30.6 Å². The molecule has 1 saturated carbocycles. The summed E-state index contributed by atoms with van der Waals surface area (Å²) in [6, 6.07) is 20.8. The van der Waals surface area contributed by atoms with Crippen molar-refractivity contribution >= 4 is 17.6 Å². The first-order valence-electron chi connectivity index (χ1n) is 13.1. The highest BCUT2D eigenvalue weighted by atomic mass is 16.5. The molecule has 2 fully saturated rings. The molecular weight excluding hydrogens is 482 g/mol. The number of amides is 1. The predicted octanol–water partition coefficient (Wildman–Crippen LogP) is 5.90. The van der Waals surface area contributed by atoms with Crippen LogP contribution in [0.15, 0.2) is 66.7 Å². The molecule has 0 radical (unpaired) electrons. The van der Waals surface area contributed by atoms with Gasteiger partial charge in [-0.25, -0.2) is 4.79 Å². The lowest BCUT2D eigenvalue weighted by molar-refractivity contribution is -0.117. The highest BCUT2D eigenvalue weighted by molar-refractivity contribution is 5.99. The summed E-state index contributed by atoms with van der Waals surface area (Å²) in [5, 5.41) is 0. The maximum Gasteiger partial charge on any atom is 0.338 e. The first kappa shape index (κ1) is 25.6. The molecule has 1 atom stereocenters. The van der Waals surface area contributed by atoms with Crippen LogP contribution in [0.5, 0.6) is 17.2 Å². The van der Waals surface area contributed by atoms with E-state index in [9.17, 15) is 9.59 Å². The van der Waals surface area contributed by atoms with E-state index in [4.69, 9.17) is 18.9 Å². The second-order valence-corrected chi connectivity index (χ2v) is 9.82. The van der Waals surface area contributed by atoms with Crippen LogP contribution in [0.25, 0.3) is 0 Å². The van der Waals surface area contributed by atoms with Gasteiger partial charge < -0.3 is 23.8 Å². The van der Waals surface area contributed by atoms with E-state index < -0.39 is 5.97 Å². The van der Waals surface area contributed by atoms with Gasteiger partial charge in [0.2, 0.25) is 5.91 Å². The van der Waals surface area contributed by atoms with Crippen molar-refractivity contribution in [2.45, 2.75) is 50.7 Å². The normalized spacial score (nSPS) is 17.5. The van der Waals surface area contributed by atoms with Crippen LogP contribution in [0, 0.1) is 0 Å². The Morgan fingerprint density at radius 2 is 1.74 bits per heavy atom. The lowest BCUT2D eigenvalue weighted by atomic mass is 9.98. The molecule has 2 aliphatic rings. The third kappa shape index (κ3) is 5.77. The lowest BCUT2D eigenvalue weighted by Gasteiger charge is -2.20. The minimum atomic E-state index is -0.483. The van der Waals surface area contributed by atoms with E-state index in [1.807, 2.05) is 48.5 Å². The molecule has 0 N–H and O–H groups in total. The van der Waals surface area contributed by atoms with Crippen molar-refractivity contribution in [1.82, 2.24) is 0 Å². The molecule has 3 aromatic rings. The summed E-state index contributed by atoms with van der Waals surface area (Å²) in [5.41, 5.74) is 2.98. The fraction of sp³-hybridized carbons (Fsp3) is 0.355. The summed E-state index contributed by atoms with van der Waals surface area (Å²) >= 11 is 0. The van der Waals surface area contributed by atoms with E-state index in [1.165, 1.54) is 20.0 Å². The second kappa shape index (κ2) is 11.6. The number of anilines is 1. The molecule has 1 aliphatic heterocycles. The van der Waals surface area contributed by atoms with E-state index in [0.29, 0.717) is 42.3 Å². The van der Waals surface area contributed by atoms with E-state index in [1.54, 1.807) is 30.2 Å². The number of methoxy groups -OCH3 is 2. The van der Waals surface area contributed by atoms with Crippen LogP contribution in [0.1, 0.15) is 59.5 Å². The zero-order valence-electron chi connectivity index (χ0n) is 21.9. The zero-order valence-corrected chi connectivity index (χ0v) is 21.9. The van der Waals surface area contributed by atoms with Crippen molar-refractivity contribution in [3.05, 3.63) is 83.4 Å². The van der Waals surface area contributed by atoms with Crippen LogP contribution in [0.4, 0.5) is 5.69 Å². The molecule has 1 saturated heterocycles. The first-order chi connectivity index (χ1) is 18.5. The van der Waals surface area contributed by atoms with Gasteiger partial charge in [-0.05, 0) is 61.1 Å². The number of benzene rings is 3. The van der Waals surface area contributed by atoms with Gasteiger partial charge >= 0.3 is 5.97 Å². The number of ether oxygens (including phenoxy) is 4. The van der Waals surface area contributed by atoms with Crippen molar-refractivity contribution < 1.29 is 28.5 Å². The fourth-order valence-corrected chi connectivity index (χ4v) is 5.20. The first-order valence-corrected chi connectivity index (χ1v) is 13.1. The summed E-state index contributed by atoms with van der Waals surface area (Å²) in [6.07, 6.45) is 5.03. The number of esters is 1. The van der Waals surface area contributed by atoms with Gasteiger partial charge in [0.15, 0.2) is 11.5 Å². The Labute approximate surface area is 223 Å². The Balaban J connectivity index is 1.37. The highest BCUT2D eigenvalue weighted by Gasteiger charge is 2.33. The molecule has 3 aromatic carbocycles. The molecule has 1 unspecified atom stereocenters. The molecule has 1 aliphatic carbocycles. The third-order valence-electron chi connectivity index (χ3n) is 7.25. The van der Waals surface area contributed by atoms with E-state index >= 15 is 0 Å². The second-order valence-electron chi connectivity index (χ2n) is 9.82. The number of carbonyl (C=O) groups excluding carboxylic acids is 2. The van der Waals surface area contributed by atoms with Crippen LogP contribution >= 0.6 is 0 Å². The quantitative estimate of drug-likeness (QED) is 0.330. The molecular formula is C31H33NO6. The average molecular weight is 516 g/mol. The van der Waals surface area contributed by atoms with Gasteiger partial charge in [0.1, 0.15) is 12.4 Å². The maximum atomic E-state index is 13.2. The molecule has 0 spiro atoms. The van der Waals surface area contributed by atoms with E-state index in [0.717, 1.165) is 29.7 Å². The number of nitrogens with zero attached hydrogens (tertiary/aromatic N) is 1. The van der Waals surface area contributed by atoms with Gasteiger partial charge in [-0.3, -0.25) is 4.79 Å². The fourth-order valence-electron chi connectivity index (χ4n) is 5.20. The lowest BCUT2D eigenvalue weighted by Crippen LogP contribution is -2.24. The van der Waals surface area contributed by atoms with Crippen LogP contribution in [-0.2, 0) is 16.1 Å². The molecule has 1 amide bonds. The Morgan fingerprint density at radius 3 is 2.47 bits per heavy atom. The molecule has 0 aromatic heterocycles. The number of rotatable bonds is 9. The van der Waals surface area contributed by atoms with Crippen LogP contribution in [-0.4, -0.2) is 38.7 Å². The van der Waals surface area contributed by atoms with Gasteiger partial charge in [0.05, 0.1) is 25.9 Å². The molecule has 7 heteroatoms. The SMILES string of the molecule is COC(=O)c1cc(OCc2ccccc2)cc(N2CC(c3ccc(OC)c(OC4CCCC4)c3)CC2=O)c1. The molecule has 1 heterocycles. The number of hydrogen-bond donors (Lipinski definition) is 0. The van der Waals surface area contributed by atoms with Crippen molar-refractivity contribution in [3.8, 4) is 17.2 Å². The monoisotopic (exact) mass is 515 g/mol. The molecule has 198 valence electrons. The van der Waals surface area contributed by atoms with Crippen molar-refractivity contribution in [3.63, 3.8) is 0 Å². The smallest absolute Gasteiger partial charge is 0.338 e. The summed E-state index contributed by atoms with van der Waals surface area (Å²) in [4.78, 5) is 27.3. The Hall–Kier alpha value is -4.00. The van der Waals surface area contributed by atoms with Crippen molar-refractivity contribution in [2.24, 2.45) is 0 Å². The van der Waals surface area contributed by atoms with Crippen LogP contribution in [0.2, 0.25) is 0 Å². The molecule has 0 bridgehead atoms. The third-order valence-corrected chi connectivity index (χ3v) is 7.25. The van der Waals surface area contributed by atoms with Gasteiger partial charge in [-0.1, -0.05) is 36.4 Å². The Morgan fingerprint density at radius 1 is 0.947 bits per heavy atom. The zero-order chi connectivity index (χ0) is 26.5. The number of carbonyl (C=O) groups is 2. The van der Waals surface area contributed by atoms with Crippen LogP contribution < -0.4 is 19.1 Å². The summed E-state index contributed by atoms with van der Waals surface area (Å²) in [6.45, 7) is 0.827. The maximum absolute atomic E-state index is 13.2. The largest absolute Gasteiger partial charge is 0.493 e. The van der Waals surface area contributed by atoms with E-state index in [2.05, 4.69) is 0 Å². The minimum absolute atomic E-state index is 0.0138. The topological polar surface area (TPSA) is 74.3 Å². The Bertz CT molecular complexity index is 1280. The van der Waals surface area contributed by atoms with Gasteiger partial charge in [-0.15, -0.1) is 0 Å².